The minimum atomic E-state index is -4.48. The third kappa shape index (κ3) is 4.07. The predicted molar refractivity (Wildman–Crippen MR) is 81.0 cm³/mol. The second-order valence-electron chi connectivity index (χ2n) is 5.01. The predicted octanol–water partition coefficient (Wildman–Crippen LogP) is 4.96. The lowest BCUT2D eigenvalue weighted by Crippen LogP contribution is -2.09. The molecule has 0 atom stereocenters. The lowest BCUT2D eigenvalue weighted by molar-refractivity contribution is -0.139. The number of hydrogen-bond donors (Lipinski definition) is 0. The maximum absolute atomic E-state index is 13.0. The van der Waals surface area contributed by atoms with E-state index in [1.54, 1.807) is 19.9 Å². The molecule has 1 heterocycles. The summed E-state index contributed by atoms with van der Waals surface area (Å²) in [5.41, 5.74) is 1.03. The van der Waals surface area contributed by atoms with Gasteiger partial charge in [0.2, 0.25) is 5.88 Å². The van der Waals surface area contributed by atoms with Crippen LogP contribution in [0.5, 0.6) is 11.6 Å². The van der Waals surface area contributed by atoms with E-state index < -0.39 is 11.7 Å². The van der Waals surface area contributed by atoms with Crippen molar-refractivity contribution in [1.82, 2.24) is 4.98 Å². The van der Waals surface area contributed by atoms with E-state index in [0.29, 0.717) is 16.8 Å². The summed E-state index contributed by atoms with van der Waals surface area (Å²) in [6, 6.07) is 5.34. The normalized spacial score (nSPS) is 11.4. The second kappa shape index (κ2) is 6.66. The maximum atomic E-state index is 13.0. The van der Waals surface area contributed by atoms with Gasteiger partial charge in [0.25, 0.3) is 0 Å². The fourth-order valence-corrected chi connectivity index (χ4v) is 2.28. The van der Waals surface area contributed by atoms with Crippen LogP contribution in [0.25, 0.3) is 0 Å². The molecule has 3 nitrogen and oxygen atoms in total. The van der Waals surface area contributed by atoms with Gasteiger partial charge in [0.1, 0.15) is 17.4 Å². The van der Waals surface area contributed by atoms with Crippen LogP contribution in [0.1, 0.15) is 22.4 Å². The largest absolute Gasteiger partial charge is 0.488 e. The number of pyridine rings is 1. The van der Waals surface area contributed by atoms with E-state index in [4.69, 9.17) is 21.1 Å². The van der Waals surface area contributed by atoms with Crippen LogP contribution < -0.4 is 9.47 Å². The van der Waals surface area contributed by atoms with Gasteiger partial charge in [-0.15, -0.1) is 0 Å². The number of halogens is 4. The van der Waals surface area contributed by atoms with Crippen LogP contribution >= 0.6 is 11.6 Å². The van der Waals surface area contributed by atoms with Crippen molar-refractivity contribution in [1.29, 1.82) is 0 Å². The Morgan fingerprint density at radius 1 is 1.17 bits per heavy atom. The molecule has 0 fully saturated rings. The third-order valence-electron chi connectivity index (χ3n) is 3.26. The van der Waals surface area contributed by atoms with Gasteiger partial charge in [0, 0.05) is 11.3 Å². The van der Waals surface area contributed by atoms with Gasteiger partial charge in [-0.3, -0.25) is 0 Å². The molecular weight excluding hydrogens is 331 g/mol. The van der Waals surface area contributed by atoms with Gasteiger partial charge in [-0.1, -0.05) is 17.7 Å². The van der Waals surface area contributed by atoms with E-state index in [-0.39, 0.29) is 23.3 Å². The van der Waals surface area contributed by atoms with E-state index >= 15 is 0 Å². The Balaban J connectivity index is 2.28. The lowest BCUT2D eigenvalue weighted by Gasteiger charge is -2.16. The molecule has 2 aromatic rings. The molecule has 0 saturated heterocycles. The van der Waals surface area contributed by atoms with Crippen molar-refractivity contribution in [3.05, 3.63) is 51.7 Å². The minimum Gasteiger partial charge on any atom is -0.488 e. The van der Waals surface area contributed by atoms with E-state index in [1.807, 2.05) is 0 Å². The van der Waals surface area contributed by atoms with Crippen LogP contribution in [-0.2, 0) is 12.8 Å². The van der Waals surface area contributed by atoms with E-state index in [1.165, 1.54) is 19.2 Å². The van der Waals surface area contributed by atoms with Crippen LogP contribution in [0, 0.1) is 13.8 Å². The van der Waals surface area contributed by atoms with Gasteiger partial charge in [-0.05, 0) is 37.6 Å². The molecule has 23 heavy (non-hydrogen) atoms. The molecule has 0 N–H and O–H groups in total. The number of methoxy groups -OCH3 is 1. The average Bonchev–Trinajstić information content (AvgIpc) is 2.46. The van der Waals surface area contributed by atoms with Gasteiger partial charge >= 0.3 is 6.18 Å². The zero-order valence-corrected chi connectivity index (χ0v) is 13.5. The fourth-order valence-electron chi connectivity index (χ4n) is 2.02. The number of benzene rings is 1. The summed E-state index contributed by atoms with van der Waals surface area (Å²) in [7, 11) is 1.44. The monoisotopic (exact) mass is 345 g/mol. The van der Waals surface area contributed by atoms with E-state index in [9.17, 15) is 13.2 Å². The molecule has 0 aliphatic rings. The molecule has 0 aliphatic heterocycles. The molecule has 0 unspecified atom stereocenters. The van der Waals surface area contributed by atoms with Crippen LogP contribution in [-0.4, -0.2) is 12.1 Å². The number of rotatable bonds is 4. The van der Waals surface area contributed by atoms with Crippen molar-refractivity contribution < 1.29 is 22.6 Å². The van der Waals surface area contributed by atoms with Gasteiger partial charge in [-0.25, -0.2) is 4.98 Å². The van der Waals surface area contributed by atoms with Crippen LogP contribution in [0.2, 0.25) is 5.02 Å². The van der Waals surface area contributed by atoms with Crippen molar-refractivity contribution in [3.8, 4) is 11.6 Å². The third-order valence-corrected chi connectivity index (χ3v) is 3.53. The Bertz CT molecular complexity index is 717. The summed E-state index contributed by atoms with van der Waals surface area (Å²) in [6.07, 6.45) is -4.48. The highest BCUT2D eigenvalue weighted by molar-refractivity contribution is 6.31. The Morgan fingerprint density at radius 3 is 2.48 bits per heavy atom. The summed E-state index contributed by atoms with van der Waals surface area (Å²) in [5, 5.41) is 0.275. The molecule has 1 aromatic carbocycles. The zero-order chi connectivity index (χ0) is 17.2. The lowest BCUT2D eigenvalue weighted by atomic mass is 10.1. The van der Waals surface area contributed by atoms with Crippen LogP contribution in [0.3, 0.4) is 0 Å². The summed E-state index contributed by atoms with van der Waals surface area (Å²) in [4.78, 5) is 4.14. The van der Waals surface area contributed by atoms with Gasteiger partial charge < -0.3 is 9.47 Å². The van der Waals surface area contributed by atoms with Crippen molar-refractivity contribution >= 4 is 11.6 Å². The van der Waals surface area contributed by atoms with Crippen molar-refractivity contribution in [2.24, 2.45) is 0 Å². The number of ether oxygens (including phenoxy) is 2. The van der Waals surface area contributed by atoms with Gasteiger partial charge in [0.05, 0.1) is 12.7 Å². The van der Waals surface area contributed by atoms with Crippen molar-refractivity contribution in [2.45, 2.75) is 26.6 Å². The van der Waals surface area contributed by atoms with E-state index in [0.717, 1.165) is 6.07 Å². The molecule has 0 aliphatic carbocycles. The maximum Gasteiger partial charge on any atom is 0.419 e. The highest BCUT2D eigenvalue weighted by atomic mass is 35.5. The molecule has 1 aromatic heterocycles. The van der Waals surface area contributed by atoms with E-state index in [2.05, 4.69) is 4.98 Å². The molecule has 2 rings (SSSR count). The first kappa shape index (κ1) is 17.4. The molecule has 0 radical (unpaired) electrons. The summed E-state index contributed by atoms with van der Waals surface area (Å²) >= 11 is 5.99. The Morgan fingerprint density at radius 2 is 1.87 bits per heavy atom. The summed E-state index contributed by atoms with van der Waals surface area (Å²) in [6.45, 7) is 3.33. The van der Waals surface area contributed by atoms with Gasteiger partial charge in [0.15, 0.2) is 0 Å². The minimum absolute atomic E-state index is 0.0743. The molecule has 0 spiro atoms. The number of aromatic nitrogens is 1. The Hall–Kier alpha value is -1.95. The molecule has 0 bridgehead atoms. The topological polar surface area (TPSA) is 31.4 Å². The first-order valence-electron chi connectivity index (χ1n) is 6.73. The number of nitrogens with zero attached hydrogens (tertiary/aromatic N) is 1. The smallest absolute Gasteiger partial charge is 0.419 e. The second-order valence-corrected chi connectivity index (χ2v) is 5.42. The first-order valence-corrected chi connectivity index (χ1v) is 7.11. The average molecular weight is 346 g/mol. The van der Waals surface area contributed by atoms with Gasteiger partial charge in [-0.2, -0.15) is 13.2 Å². The Labute approximate surface area is 137 Å². The number of hydrogen-bond acceptors (Lipinski definition) is 3. The molecule has 7 heteroatoms. The highest BCUT2D eigenvalue weighted by Gasteiger charge is 2.34. The zero-order valence-electron chi connectivity index (χ0n) is 12.8. The molecule has 0 saturated carbocycles. The first-order chi connectivity index (χ1) is 10.7. The summed E-state index contributed by atoms with van der Waals surface area (Å²) < 4.78 is 49.4. The fraction of sp³-hybridized carbons (Fsp3) is 0.312. The van der Waals surface area contributed by atoms with Crippen molar-refractivity contribution in [2.75, 3.05) is 7.11 Å². The molecular formula is C16H15ClF3NO2. The van der Waals surface area contributed by atoms with Crippen LogP contribution in [0.4, 0.5) is 13.2 Å². The number of aryl methyl sites for hydroxylation is 2. The highest BCUT2D eigenvalue weighted by Crippen LogP contribution is 2.37. The molecule has 0 amide bonds. The summed E-state index contributed by atoms with van der Waals surface area (Å²) in [5.74, 6) is 0.0447. The van der Waals surface area contributed by atoms with Crippen molar-refractivity contribution in [3.63, 3.8) is 0 Å². The SMILES string of the molecule is COc1nc(C)c(COc2cc(C)ccc2C(F)(F)F)cc1Cl. The number of alkyl halides is 3. The quantitative estimate of drug-likeness (QED) is 0.785. The Kier molecular flexibility index (Phi) is 5.04. The standard InChI is InChI=1S/C16H15ClF3NO2/c1-9-4-5-12(16(18,19)20)14(6-9)23-8-11-7-13(17)15(22-3)21-10(11)2/h4-7H,8H2,1-3H3. The van der Waals surface area contributed by atoms with Crippen LogP contribution in [0.15, 0.2) is 24.3 Å². The molecule has 124 valence electrons.